The zero-order valence-electron chi connectivity index (χ0n) is 10.4. The number of rotatable bonds is 6. The van der Waals surface area contributed by atoms with Crippen LogP contribution >= 0.6 is 0 Å². The van der Waals surface area contributed by atoms with Crippen molar-refractivity contribution in [2.45, 2.75) is 18.6 Å². The second-order valence-corrected chi connectivity index (χ2v) is 4.18. The van der Waals surface area contributed by atoms with Crippen LogP contribution in [-0.4, -0.2) is 13.2 Å². The molecular weight excluding hydrogens is 228 g/mol. The van der Waals surface area contributed by atoms with E-state index in [1.54, 1.807) is 19.6 Å². The summed E-state index contributed by atoms with van der Waals surface area (Å²) in [4.78, 5) is 0. The maximum atomic E-state index is 5.64. The predicted octanol–water partition coefficient (Wildman–Crippen LogP) is 2.04. The second-order valence-electron chi connectivity index (χ2n) is 4.18. The van der Waals surface area contributed by atoms with Crippen molar-refractivity contribution >= 4 is 0 Å². The molecular formula is C14H18N2O2. The van der Waals surface area contributed by atoms with Crippen LogP contribution in [0.2, 0.25) is 0 Å². The van der Waals surface area contributed by atoms with Crippen molar-refractivity contribution in [3.05, 3.63) is 60.1 Å². The van der Waals surface area contributed by atoms with E-state index >= 15 is 0 Å². The van der Waals surface area contributed by atoms with Gasteiger partial charge >= 0.3 is 0 Å². The highest BCUT2D eigenvalue weighted by Crippen LogP contribution is 2.22. The summed E-state index contributed by atoms with van der Waals surface area (Å²) in [6.45, 7) is 0. The first kappa shape index (κ1) is 12.8. The highest BCUT2D eigenvalue weighted by atomic mass is 16.5. The maximum Gasteiger partial charge on any atom is 0.0990 e. The van der Waals surface area contributed by atoms with Gasteiger partial charge in [-0.2, -0.15) is 0 Å². The molecule has 4 nitrogen and oxygen atoms in total. The summed E-state index contributed by atoms with van der Waals surface area (Å²) < 4.78 is 10.6. The summed E-state index contributed by atoms with van der Waals surface area (Å²) in [5.74, 6) is 5.64. The highest BCUT2D eigenvalue weighted by molar-refractivity contribution is 5.20. The van der Waals surface area contributed by atoms with E-state index in [-0.39, 0.29) is 12.1 Å². The third-order valence-corrected chi connectivity index (χ3v) is 3.00. The Morgan fingerprint density at radius 1 is 1.28 bits per heavy atom. The molecule has 0 spiro atoms. The van der Waals surface area contributed by atoms with Gasteiger partial charge in [0.2, 0.25) is 0 Å². The first-order valence-corrected chi connectivity index (χ1v) is 5.90. The smallest absolute Gasteiger partial charge is 0.0990 e. The monoisotopic (exact) mass is 246 g/mol. The minimum Gasteiger partial charge on any atom is -0.472 e. The van der Waals surface area contributed by atoms with E-state index in [1.165, 1.54) is 0 Å². The number of nitrogens with one attached hydrogen (secondary N) is 1. The number of hydrogen-bond acceptors (Lipinski definition) is 4. The van der Waals surface area contributed by atoms with Gasteiger partial charge in [0.05, 0.1) is 24.7 Å². The van der Waals surface area contributed by atoms with E-state index in [2.05, 4.69) is 5.43 Å². The standard InChI is InChI=1S/C14H18N2O2/c1-17-14(12-5-3-2-4-6-12)13(16-15)9-11-7-8-18-10-11/h2-8,10,13-14,16H,9,15H2,1H3. The molecule has 96 valence electrons. The van der Waals surface area contributed by atoms with Crippen LogP contribution in [0, 0.1) is 0 Å². The van der Waals surface area contributed by atoms with Crippen LogP contribution in [0.15, 0.2) is 53.3 Å². The van der Waals surface area contributed by atoms with Gasteiger partial charge in [0, 0.05) is 7.11 Å². The van der Waals surface area contributed by atoms with Crippen molar-refractivity contribution in [1.82, 2.24) is 5.43 Å². The summed E-state index contributed by atoms with van der Waals surface area (Å²) in [6, 6.07) is 12.0. The van der Waals surface area contributed by atoms with Crippen LogP contribution < -0.4 is 11.3 Å². The Morgan fingerprint density at radius 2 is 2.06 bits per heavy atom. The molecule has 3 N–H and O–H groups in total. The van der Waals surface area contributed by atoms with Gasteiger partial charge < -0.3 is 9.15 Å². The van der Waals surface area contributed by atoms with E-state index < -0.39 is 0 Å². The van der Waals surface area contributed by atoms with Crippen molar-refractivity contribution in [3.8, 4) is 0 Å². The van der Waals surface area contributed by atoms with Crippen LogP contribution in [0.25, 0.3) is 0 Å². The Labute approximate surface area is 107 Å². The van der Waals surface area contributed by atoms with Crippen molar-refractivity contribution in [2.24, 2.45) is 5.84 Å². The lowest BCUT2D eigenvalue weighted by Gasteiger charge is -2.25. The second kappa shape index (κ2) is 6.35. The first-order valence-electron chi connectivity index (χ1n) is 5.90. The lowest BCUT2D eigenvalue weighted by Crippen LogP contribution is -2.42. The number of methoxy groups -OCH3 is 1. The third-order valence-electron chi connectivity index (χ3n) is 3.00. The topological polar surface area (TPSA) is 60.4 Å². The van der Waals surface area contributed by atoms with E-state index in [1.807, 2.05) is 36.4 Å². The van der Waals surface area contributed by atoms with Crippen LogP contribution in [0.3, 0.4) is 0 Å². The summed E-state index contributed by atoms with van der Waals surface area (Å²) >= 11 is 0. The van der Waals surface area contributed by atoms with Gasteiger partial charge in [0.25, 0.3) is 0 Å². The Kier molecular flexibility index (Phi) is 4.52. The molecule has 2 unspecified atom stereocenters. The fourth-order valence-electron chi connectivity index (χ4n) is 2.09. The van der Waals surface area contributed by atoms with E-state index in [0.717, 1.165) is 17.5 Å². The number of furan rings is 1. The van der Waals surface area contributed by atoms with Crippen molar-refractivity contribution in [2.75, 3.05) is 7.11 Å². The van der Waals surface area contributed by atoms with E-state index in [4.69, 9.17) is 15.0 Å². The largest absolute Gasteiger partial charge is 0.472 e. The SMILES string of the molecule is COC(c1ccccc1)C(Cc1ccoc1)NN. The van der Waals surface area contributed by atoms with Crippen molar-refractivity contribution < 1.29 is 9.15 Å². The summed E-state index contributed by atoms with van der Waals surface area (Å²) in [7, 11) is 1.69. The molecule has 0 aliphatic heterocycles. The summed E-state index contributed by atoms with van der Waals surface area (Å²) in [6.07, 6.45) is 4.04. The molecule has 2 atom stereocenters. The molecule has 18 heavy (non-hydrogen) atoms. The van der Waals surface area contributed by atoms with E-state index in [9.17, 15) is 0 Å². The Morgan fingerprint density at radius 3 is 2.61 bits per heavy atom. The van der Waals surface area contributed by atoms with Gasteiger partial charge in [-0.3, -0.25) is 11.3 Å². The van der Waals surface area contributed by atoms with Gasteiger partial charge in [0.15, 0.2) is 0 Å². The highest BCUT2D eigenvalue weighted by Gasteiger charge is 2.22. The van der Waals surface area contributed by atoms with Gasteiger partial charge in [-0.05, 0) is 23.6 Å². The zero-order chi connectivity index (χ0) is 12.8. The van der Waals surface area contributed by atoms with Gasteiger partial charge in [-0.1, -0.05) is 30.3 Å². The number of hydrazine groups is 1. The molecule has 0 saturated heterocycles. The average molecular weight is 246 g/mol. The fourth-order valence-corrected chi connectivity index (χ4v) is 2.09. The molecule has 1 heterocycles. The number of nitrogens with two attached hydrogens (primary N) is 1. The lowest BCUT2D eigenvalue weighted by molar-refractivity contribution is 0.0678. The van der Waals surface area contributed by atoms with Crippen LogP contribution in [0.5, 0.6) is 0 Å². The molecule has 2 rings (SSSR count). The van der Waals surface area contributed by atoms with Gasteiger partial charge in [-0.25, -0.2) is 0 Å². The quantitative estimate of drug-likeness (QED) is 0.605. The summed E-state index contributed by atoms with van der Waals surface area (Å²) in [5.41, 5.74) is 5.02. The molecule has 2 aromatic rings. The number of ether oxygens (including phenoxy) is 1. The molecule has 0 saturated carbocycles. The Balaban J connectivity index is 2.14. The number of hydrogen-bond donors (Lipinski definition) is 2. The molecule has 0 bridgehead atoms. The number of benzene rings is 1. The molecule has 0 aliphatic rings. The molecule has 0 fully saturated rings. The molecule has 4 heteroatoms. The van der Waals surface area contributed by atoms with Crippen LogP contribution in [-0.2, 0) is 11.2 Å². The first-order chi connectivity index (χ1) is 8.85. The molecule has 1 aromatic heterocycles. The van der Waals surface area contributed by atoms with Crippen molar-refractivity contribution in [3.63, 3.8) is 0 Å². The summed E-state index contributed by atoms with van der Waals surface area (Å²) in [5, 5.41) is 0. The van der Waals surface area contributed by atoms with Crippen molar-refractivity contribution in [1.29, 1.82) is 0 Å². The molecule has 1 aromatic carbocycles. The predicted molar refractivity (Wildman–Crippen MR) is 69.7 cm³/mol. The Hall–Kier alpha value is -1.62. The lowest BCUT2D eigenvalue weighted by atomic mass is 9.97. The van der Waals surface area contributed by atoms with Crippen LogP contribution in [0.4, 0.5) is 0 Å². The minimum atomic E-state index is -0.0916. The zero-order valence-corrected chi connectivity index (χ0v) is 10.4. The minimum absolute atomic E-state index is 0.00463. The molecule has 0 radical (unpaired) electrons. The fraction of sp³-hybridized carbons (Fsp3) is 0.286. The Bertz CT molecular complexity index is 442. The van der Waals surface area contributed by atoms with E-state index in [0.29, 0.717) is 0 Å². The van der Waals surface area contributed by atoms with Gasteiger partial charge in [-0.15, -0.1) is 0 Å². The third kappa shape index (κ3) is 2.98. The molecule has 0 aliphatic carbocycles. The maximum absolute atomic E-state index is 5.64. The normalized spacial score (nSPS) is 14.3. The average Bonchev–Trinajstić information content (AvgIpc) is 2.92. The van der Waals surface area contributed by atoms with Crippen LogP contribution in [0.1, 0.15) is 17.2 Å². The molecule has 0 amide bonds. The van der Waals surface area contributed by atoms with Gasteiger partial charge in [0.1, 0.15) is 0 Å².